The zero-order valence-electron chi connectivity index (χ0n) is 14.6. The number of rotatable bonds is 7. The molecular weight excluding hydrogens is 378 g/mol. The van der Waals surface area contributed by atoms with Gasteiger partial charge in [-0.15, -0.1) is 0 Å². The average molecular weight is 395 g/mol. The Morgan fingerprint density at radius 1 is 1.00 bits per heavy atom. The molecule has 0 unspecified atom stereocenters. The van der Waals surface area contributed by atoms with Crippen molar-refractivity contribution in [2.45, 2.75) is 12.6 Å². The van der Waals surface area contributed by atoms with Crippen LogP contribution >= 0.6 is 0 Å². The molecule has 0 aromatic heterocycles. The van der Waals surface area contributed by atoms with E-state index in [1.807, 2.05) is 0 Å². The van der Waals surface area contributed by atoms with Crippen molar-refractivity contribution < 1.29 is 31.9 Å². The molecule has 8 heteroatoms. The lowest BCUT2D eigenvalue weighted by atomic mass is 10.1. The molecule has 0 atom stereocenters. The number of ether oxygens (including phenoxy) is 1. The highest BCUT2D eigenvalue weighted by Crippen LogP contribution is 2.29. The Bertz CT molecular complexity index is 828. The van der Waals surface area contributed by atoms with Crippen molar-refractivity contribution in [2.75, 3.05) is 13.2 Å². The van der Waals surface area contributed by atoms with Crippen LogP contribution in [0.3, 0.4) is 0 Å². The van der Waals surface area contributed by atoms with Gasteiger partial charge in [0.15, 0.2) is 6.61 Å². The van der Waals surface area contributed by atoms with Gasteiger partial charge in [-0.1, -0.05) is 24.3 Å². The number of halogens is 4. The van der Waals surface area contributed by atoms with Crippen LogP contribution in [-0.4, -0.2) is 25.0 Å². The Morgan fingerprint density at radius 2 is 1.64 bits per heavy atom. The fourth-order valence-electron chi connectivity index (χ4n) is 2.18. The summed E-state index contributed by atoms with van der Waals surface area (Å²) in [4.78, 5) is 23.2. The van der Waals surface area contributed by atoms with Gasteiger partial charge in [-0.05, 0) is 47.9 Å². The second kappa shape index (κ2) is 9.68. The standard InChI is InChI=1S/C20H17F4NO3/c21-17-8-3-15(4-9-17)11-12-25-18(26)13-28-19(27)10-5-14-1-6-16(7-2-14)20(22,23)24/h1-10H,11-13H2,(H,25,26)/b10-5+. The lowest BCUT2D eigenvalue weighted by Crippen LogP contribution is -2.30. The number of esters is 1. The van der Waals surface area contributed by atoms with E-state index in [9.17, 15) is 27.2 Å². The van der Waals surface area contributed by atoms with E-state index in [1.54, 1.807) is 12.1 Å². The predicted molar refractivity (Wildman–Crippen MR) is 94.6 cm³/mol. The predicted octanol–water partition coefficient (Wildman–Crippen LogP) is 3.76. The number of carbonyl (C=O) groups is 2. The first-order valence-electron chi connectivity index (χ1n) is 8.27. The molecule has 1 amide bonds. The van der Waals surface area contributed by atoms with Crippen LogP contribution in [0.4, 0.5) is 17.6 Å². The second-order valence-electron chi connectivity index (χ2n) is 5.79. The molecule has 2 aromatic rings. The average Bonchev–Trinajstić information content (AvgIpc) is 2.66. The van der Waals surface area contributed by atoms with Crippen LogP contribution in [0.25, 0.3) is 6.08 Å². The Morgan fingerprint density at radius 3 is 2.25 bits per heavy atom. The molecule has 1 N–H and O–H groups in total. The number of alkyl halides is 3. The van der Waals surface area contributed by atoms with Crippen LogP contribution < -0.4 is 5.32 Å². The van der Waals surface area contributed by atoms with Crippen LogP contribution in [0, 0.1) is 5.82 Å². The maximum Gasteiger partial charge on any atom is 0.416 e. The monoisotopic (exact) mass is 395 g/mol. The molecule has 0 aliphatic rings. The molecule has 0 fully saturated rings. The molecule has 0 bridgehead atoms. The second-order valence-corrected chi connectivity index (χ2v) is 5.79. The Kier molecular flexibility index (Phi) is 7.31. The number of carbonyl (C=O) groups excluding carboxylic acids is 2. The minimum Gasteiger partial charge on any atom is -0.452 e. The van der Waals surface area contributed by atoms with Crippen LogP contribution in [0.15, 0.2) is 54.6 Å². The highest BCUT2D eigenvalue weighted by molar-refractivity contribution is 5.89. The number of hydrogen-bond acceptors (Lipinski definition) is 3. The third kappa shape index (κ3) is 7.22. The van der Waals surface area contributed by atoms with Crippen molar-refractivity contribution in [2.24, 2.45) is 0 Å². The minimum atomic E-state index is -4.43. The lowest BCUT2D eigenvalue weighted by molar-refractivity contribution is -0.143. The first-order valence-corrected chi connectivity index (χ1v) is 8.27. The first kappa shape index (κ1) is 21.1. The molecule has 148 valence electrons. The maximum atomic E-state index is 12.8. The maximum absolute atomic E-state index is 12.8. The van der Waals surface area contributed by atoms with E-state index in [1.165, 1.54) is 30.3 Å². The van der Waals surface area contributed by atoms with Gasteiger partial charge in [0.2, 0.25) is 0 Å². The van der Waals surface area contributed by atoms with E-state index in [-0.39, 0.29) is 5.82 Å². The molecule has 28 heavy (non-hydrogen) atoms. The van der Waals surface area contributed by atoms with Gasteiger partial charge in [-0.2, -0.15) is 13.2 Å². The molecule has 0 aliphatic carbocycles. The Hall–Kier alpha value is -3.16. The van der Waals surface area contributed by atoms with E-state index in [4.69, 9.17) is 4.74 Å². The summed E-state index contributed by atoms with van der Waals surface area (Å²) in [5.41, 5.74) is 0.441. The van der Waals surface area contributed by atoms with Crippen molar-refractivity contribution in [3.8, 4) is 0 Å². The normalized spacial score (nSPS) is 11.4. The Labute approximate surface area is 158 Å². The quantitative estimate of drug-likeness (QED) is 0.441. The first-order chi connectivity index (χ1) is 13.2. The van der Waals surface area contributed by atoms with Gasteiger partial charge in [-0.25, -0.2) is 9.18 Å². The van der Waals surface area contributed by atoms with Gasteiger partial charge in [0, 0.05) is 12.6 Å². The number of amides is 1. The van der Waals surface area contributed by atoms with Crippen molar-refractivity contribution in [1.82, 2.24) is 5.32 Å². The number of nitrogens with one attached hydrogen (secondary N) is 1. The van der Waals surface area contributed by atoms with E-state index < -0.39 is 30.2 Å². The topological polar surface area (TPSA) is 55.4 Å². The smallest absolute Gasteiger partial charge is 0.416 e. The zero-order valence-corrected chi connectivity index (χ0v) is 14.6. The third-order valence-corrected chi connectivity index (χ3v) is 3.64. The minimum absolute atomic E-state index is 0.295. The molecule has 0 radical (unpaired) electrons. The molecule has 0 aliphatic heterocycles. The van der Waals surface area contributed by atoms with Crippen LogP contribution in [-0.2, 0) is 26.9 Å². The van der Waals surface area contributed by atoms with Crippen molar-refractivity contribution in [3.05, 3.63) is 77.1 Å². The molecule has 0 saturated heterocycles. The summed E-state index contributed by atoms with van der Waals surface area (Å²) in [7, 11) is 0. The highest BCUT2D eigenvalue weighted by Gasteiger charge is 2.29. The summed E-state index contributed by atoms with van der Waals surface area (Å²) in [5, 5.41) is 2.55. The molecule has 0 saturated carbocycles. The van der Waals surface area contributed by atoms with Crippen LogP contribution in [0.5, 0.6) is 0 Å². The summed E-state index contributed by atoms with van der Waals surface area (Å²) < 4.78 is 54.9. The molecule has 4 nitrogen and oxygen atoms in total. The molecular formula is C20H17F4NO3. The van der Waals surface area contributed by atoms with E-state index in [0.29, 0.717) is 18.5 Å². The van der Waals surface area contributed by atoms with Crippen molar-refractivity contribution in [1.29, 1.82) is 0 Å². The lowest BCUT2D eigenvalue weighted by Gasteiger charge is -2.06. The van der Waals surface area contributed by atoms with Crippen LogP contribution in [0.2, 0.25) is 0 Å². The summed E-state index contributed by atoms with van der Waals surface area (Å²) in [6.45, 7) is -0.191. The molecule has 0 heterocycles. The van der Waals surface area contributed by atoms with Gasteiger partial charge in [0.05, 0.1) is 5.56 Å². The van der Waals surface area contributed by atoms with Gasteiger partial charge >= 0.3 is 12.1 Å². The SMILES string of the molecule is O=C(COC(=O)/C=C/c1ccc(C(F)(F)F)cc1)NCCc1ccc(F)cc1. The largest absolute Gasteiger partial charge is 0.452 e. The van der Waals surface area contributed by atoms with Crippen molar-refractivity contribution >= 4 is 18.0 Å². The highest BCUT2D eigenvalue weighted by atomic mass is 19.4. The number of hydrogen-bond donors (Lipinski definition) is 1. The fourth-order valence-corrected chi connectivity index (χ4v) is 2.18. The summed E-state index contributed by atoms with van der Waals surface area (Å²) in [6.07, 6.45) is -1.62. The van der Waals surface area contributed by atoms with Gasteiger partial charge in [0.1, 0.15) is 5.82 Å². The Balaban J connectivity index is 1.70. The van der Waals surface area contributed by atoms with Gasteiger partial charge < -0.3 is 10.1 Å². The van der Waals surface area contributed by atoms with Crippen molar-refractivity contribution in [3.63, 3.8) is 0 Å². The van der Waals surface area contributed by atoms with E-state index >= 15 is 0 Å². The molecule has 0 spiro atoms. The van der Waals surface area contributed by atoms with Crippen LogP contribution in [0.1, 0.15) is 16.7 Å². The summed E-state index contributed by atoms with van der Waals surface area (Å²) in [5.74, 6) is -1.64. The van der Waals surface area contributed by atoms with Gasteiger partial charge in [0.25, 0.3) is 5.91 Å². The fraction of sp³-hybridized carbons (Fsp3) is 0.200. The zero-order chi connectivity index (χ0) is 20.6. The van der Waals surface area contributed by atoms with Gasteiger partial charge in [-0.3, -0.25) is 4.79 Å². The molecule has 2 rings (SSSR count). The van der Waals surface area contributed by atoms with E-state index in [0.717, 1.165) is 23.8 Å². The third-order valence-electron chi connectivity index (χ3n) is 3.64. The summed E-state index contributed by atoms with van der Waals surface area (Å²) in [6, 6.07) is 10.1. The summed E-state index contributed by atoms with van der Waals surface area (Å²) >= 11 is 0. The van der Waals surface area contributed by atoms with E-state index in [2.05, 4.69) is 5.32 Å². The molecule has 2 aromatic carbocycles. The number of benzene rings is 2.